The Morgan fingerprint density at radius 3 is 2.61 bits per heavy atom. The first kappa shape index (κ1) is 15.2. The summed E-state index contributed by atoms with van der Waals surface area (Å²) in [6.45, 7) is 3.68. The minimum absolute atomic E-state index is 0.394. The second kappa shape index (κ2) is 6.57. The van der Waals surface area contributed by atoms with Crippen molar-refractivity contribution in [3.8, 4) is 6.07 Å². The number of rotatable bonds is 3. The number of hydrogen-bond donors (Lipinski definition) is 0. The van der Waals surface area contributed by atoms with E-state index in [9.17, 15) is 0 Å². The zero-order chi connectivity index (χ0) is 16.2. The van der Waals surface area contributed by atoms with Crippen LogP contribution < -0.4 is 9.80 Å². The van der Waals surface area contributed by atoms with Crippen LogP contribution in [0.4, 0.5) is 11.6 Å². The highest BCUT2D eigenvalue weighted by Crippen LogP contribution is 2.24. The molecule has 1 aliphatic heterocycles. The minimum atomic E-state index is 0.394. The molecule has 0 spiro atoms. The van der Waals surface area contributed by atoms with Crippen LogP contribution in [0.15, 0.2) is 24.8 Å². The largest absolute Gasteiger partial charge is 0.356 e. The lowest BCUT2D eigenvalue weighted by Gasteiger charge is -2.37. The van der Waals surface area contributed by atoms with E-state index in [-0.39, 0.29) is 0 Å². The van der Waals surface area contributed by atoms with Crippen molar-refractivity contribution in [2.24, 2.45) is 0 Å². The van der Waals surface area contributed by atoms with Gasteiger partial charge in [-0.15, -0.1) is 0 Å². The SMILES string of the molecule is Cc1cc(N(C)C2CCN(c3nccnc3C#N)CC2)ncn1. The summed E-state index contributed by atoms with van der Waals surface area (Å²) in [5.41, 5.74) is 1.36. The van der Waals surface area contributed by atoms with Gasteiger partial charge in [0.1, 0.15) is 18.2 Å². The van der Waals surface area contributed by atoms with Crippen molar-refractivity contribution in [1.29, 1.82) is 5.26 Å². The molecule has 0 atom stereocenters. The van der Waals surface area contributed by atoms with Crippen molar-refractivity contribution in [2.45, 2.75) is 25.8 Å². The van der Waals surface area contributed by atoms with Gasteiger partial charge in [-0.2, -0.15) is 5.26 Å². The summed E-state index contributed by atoms with van der Waals surface area (Å²) in [5.74, 6) is 1.64. The van der Waals surface area contributed by atoms with Crippen LogP contribution in [0.5, 0.6) is 0 Å². The van der Waals surface area contributed by atoms with E-state index in [1.807, 2.05) is 13.0 Å². The molecule has 2 aromatic rings. The summed E-state index contributed by atoms with van der Waals surface area (Å²) >= 11 is 0. The highest BCUT2D eigenvalue weighted by Gasteiger charge is 2.25. The number of nitriles is 1. The molecule has 1 fully saturated rings. The van der Waals surface area contributed by atoms with Crippen molar-refractivity contribution in [2.75, 3.05) is 29.9 Å². The van der Waals surface area contributed by atoms with Crippen molar-refractivity contribution in [1.82, 2.24) is 19.9 Å². The number of nitrogens with zero attached hydrogens (tertiary/aromatic N) is 7. The van der Waals surface area contributed by atoms with Crippen LogP contribution in [0.25, 0.3) is 0 Å². The second-order valence-electron chi connectivity index (χ2n) is 5.69. The zero-order valence-corrected chi connectivity index (χ0v) is 13.3. The van der Waals surface area contributed by atoms with Gasteiger partial charge in [-0.3, -0.25) is 0 Å². The Morgan fingerprint density at radius 1 is 1.17 bits per heavy atom. The summed E-state index contributed by atoms with van der Waals surface area (Å²) in [6, 6.07) is 4.54. The van der Waals surface area contributed by atoms with Gasteiger partial charge in [-0.05, 0) is 19.8 Å². The van der Waals surface area contributed by atoms with Gasteiger partial charge < -0.3 is 9.80 Å². The first-order valence-electron chi connectivity index (χ1n) is 7.66. The number of piperidine rings is 1. The van der Waals surface area contributed by atoms with E-state index < -0.39 is 0 Å². The van der Waals surface area contributed by atoms with E-state index in [1.165, 1.54) is 0 Å². The molecule has 3 rings (SSSR count). The van der Waals surface area contributed by atoms with E-state index >= 15 is 0 Å². The summed E-state index contributed by atoms with van der Waals surface area (Å²) in [7, 11) is 2.07. The second-order valence-corrected chi connectivity index (χ2v) is 5.69. The van der Waals surface area contributed by atoms with Crippen molar-refractivity contribution in [3.05, 3.63) is 36.2 Å². The maximum Gasteiger partial charge on any atom is 0.183 e. The molecule has 7 nitrogen and oxygen atoms in total. The molecule has 0 N–H and O–H groups in total. The van der Waals surface area contributed by atoms with Gasteiger partial charge in [0.05, 0.1) is 0 Å². The van der Waals surface area contributed by atoms with Gasteiger partial charge in [-0.1, -0.05) is 0 Å². The molecule has 0 amide bonds. The Balaban J connectivity index is 1.68. The highest BCUT2D eigenvalue weighted by molar-refractivity contribution is 5.50. The minimum Gasteiger partial charge on any atom is -0.356 e. The predicted octanol–water partition coefficient (Wildman–Crippen LogP) is 1.55. The van der Waals surface area contributed by atoms with Crippen LogP contribution in [-0.2, 0) is 0 Å². The fraction of sp³-hybridized carbons (Fsp3) is 0.438. The Bertz CT molecular complexity index is 716. The predicted molar refractivity (Wildman–Crippen MR) is 87.2 cm³/mol. The third-order valence-corrected chi connectivity index (χ3v) is 4.25. The zero-order valence-electron chi connectivity index (χ0n) is 13.3. The topological polar surface area (TPSA) is 81.8 Å². The van der Waals surface area contributed by atoms with Gasteiger partial charge in [0.15, 0.2) is 11.5 Å². The lowest BCUT2D eigenvalue weighted by molar-refractivity contribution is 0.477. The first-order valence-corrected chi connectivity index (χ1v) is 7.66. The van der Waals surface area contributed by atoms with E-state index in [2.05, 4.69) is 42.9 Å². The molecule has 2 aromatic heterocycles. The highest BCUT2D eigenvalue weighted by atomic mass is 15.2. The fourth-order valence-electron chi connectivity index (χ4n) is 2.93. The molecule has 0 unspecified atom stereocenters. The Hall–Kier alpha value is -2.75. The van der Waals surface area contributed by atoms with Crippen LogP contribution in [-0.4, -0.2) is 46.1 Å². The average molecular weight is 309 g/mol. The molecule has 1 saturated heterocycles. The Kier molecular flexibility index (Phi) is 4.33. The average Bonchev–Trinajstić information content (AvgIpc) is 2.61. The van der Waals surface area contributed by atoms with E-state index in [0.717, 1.165) is 37.4 Å². The van der Waals surface area contributed by atoms with Crippen LogP contribution in [0.3, 0.4) is 0 Å². The molecular weight excluding hydrogens is 290 g/mol. The van der Waals surface area contributed by atoms with Gasteiger partial charge >= 0.3 is 0 Å². The first-order chi connectivity index (χ1) is 11.2. The molecule has 7 heteroatoms. The standard InChI is InChI=1S/C16H19N7/c1-12-9-15(21-11-20-12)22(2)13-3-7-23(8-4-13)16-14(10-17)18-5-6-19-16/h5-6,9,11,13H,3-4,7-8H2,1-2H3. The summed E-state index contributed by atoms with van der Waals surface area (Å²) in [5, 5.41) is 9.16. The van der Waals surface area contributed by atoms with E-state index in [0.29, 0.717) is 17.6 Å². The molecule has 118 valence electrons. The lowest BCUT2D eigenvalue weighted by atomic mass is 10.0. The van der Waals surface area contributed by atoms with Crippen LogP contribution in [0.1, 0.15) is 24.2 Å². The third-order valence-electron chi connectivity index (χ3n) is 4.25. The number of anilines is 2. The maximum absolute atomic E-state index is 9.16. The molecule has 3 heterocycles. The number of aromatic nitrogens is 4. The molecular formula is C16H19N7. The van der Waals surface area contributed by atoms with Crippen molar-refractivity contribution in [3.63, 3.8) is 0 Å². The Morgan fingerprint density at radius 2 is 1.91 bits per heavy atom. The van der Waals surface area contributed by atoms with Crippen LogP contribution >= 0.6 is 0 Å². The lowest BCUT2D eigenvalue weighted by Crippen LogP contribution is -2.44. The van der Waals surface area contributed by atoms with Crippen LogP contribution in [0, 0.1) is 18.3 Å². The van der Waals surface area contributed by atoms with Gasteiger partial charge in [-0.25, -0.2) is 19.9 Å². The molecule has 0 radical (unpaired) electrons. The van der Waals surface area contributed by atoms with Gasteiger partial charge in [0, 0.05) is 50.3 Å². The number of hydrogen-bond acceptors (Lipinski definition) is 7. The number of aryl methyl sites for hydroxylation is 1. The molecule has 23 heavy (non-hydrogen) atoms. The van der Waals surface area contributed by atoms with E-state index in [4.69, 9.17) is 5.26 Å². The van der Waals surface area contributed by atoms with Crippen LogP contribution in [0.2, 0.25) is 0 Å². The maximum atomic E-state index is 9.16. The van der Waals surface area contributed by atoms with Crippen molar-refractivity contribution < 1.29 is 0 Å². The monoisotopic (exact) mass is 309 g/mol. The normalized spacial score (nSPS) is 15.3. The molecule has 0 bridgehead atoms. The molecule has 0 aliphatic carbocycles. The third kappa shape index (κ3) is 3.21. The smallest absolute Gasteiger partial charge is 0.183 e. The van der Waals surface area contributed by atoms with Crippen molar-refractivity contribution >= 4 is 11.6 Å². The summed E-state index contributed by atoms with van der Waals surface area (Å²) in [6.07, 6.45) is 6.77. The molecule has 1 aliphatic rings. The summed E-state index contributed by atoms with van der Waals surface area (Å²) < 4.78 is 0. The van der Waals surface area contributed by atoms with E-state index in [1.54, 1.807) is 18.7 Å². The van der Waals surface area contributed by atoms with Gasteiger partial charge in [0.2, 0.25) is 0 Å². The van der Waals surface area contributed by atoms with Gasteiger partial charge in [0.25, 0.3) is 0 Å². The Labute approximate surface area is 135 Å². The molecule has 0 saturated carbocycles. The summed E-state index contributed by atoms with van der Waals surface area (Å²) in [4.78, 5) is 21.3. The molecule has 0 aromatic carbocycles. The fourth-order valence-corrected chi connectivity index (χ4v) is 2.93. The quantitative estimate of drug-likeness (QED) is 0.850.